The highest BCUT2D eigenvalue weighted by atomic mass is 16.2. The molecule has 1 amide bonds. The van der Waals surface area contributed by atoms with Crippen molar-refractivity contribution in [2.24, 2.45) is 5.92 Å². The van der Waals surface area contributed by atoms with E-state index >= 15 is 0 Å². The molecule has 0 bridgehead atoms. The standard InChI is InChI=1S/C17H23N3O/c1-2-8-19-9-11-20(12-10-19)17(21)16(14-18)13-15-6-4-3-5-7-15/h3-7,16H,2,8-13H2,1H3. The van der Waals surface area contributed by atoms with Crippen LogP contribution in [0.2, 0.25) is 0 Å². The lowest BCUT2D eigenvalue weighted by Crippen LogP contribution is -2.50. The highest BCUT2D eigenvalue weighted by Crippen LogP contribution is 2.13. The molecule has 1 unspecified atom stereocenters. The molecule has 4 nitrogen and oxygen atoms in total. The third-order valence-corrected chi connectivity index (χ3v) is 3.96. The zero-order chi connectivity index (χ0) is 15.1. The lowest BCUT2D eigenvalue weighted by molar-refractivity contribution is -0.135. The first-order valence-corrected chi connectivity index (χ1v) is 7.69. The molecule has 1 aliphatic heterocycles. The third-order valence-electron chi connectivity index (χ3n) is 3.96. The van der Waals surface area contributed by atoms with Crippen LogP contribution in [0.1, 0.15) is 18.9 Å². The third kappa shape index (κ3) is 4.30. The highest BCUT2D eigenvalue weighted by molar-refractivity contribution is 5.81. The van der Waals surface area contributed by atoms with Crippen LogP contribution in [0.5, 0.6) is 0 Å². The molecule has 1 fully saturated rings. The van der Waals surface area contributed by atoms with Crippen molar-refractivity contribution in [3.05, 3.63) is 35.9 Å². The first-order chi connectivity index (χ1) is 10.2. The van der Waals surface area contributed by atoms with Crippen LogP contribution in [0.25, 0.3) is 0 Å². The number of nitrogens with zero attached hydrogens (tertiary/aromatic N) is 3. The van der Waals surface area contributed by atoms with Gasteiger partial charge in [0, 0.05) is 26.2 Å². The summed E-state index contributed by atoms with van der Waals surface area (Å²) in [5.74, 6) is -0.581. The minimum atomic E-state index is -0.565. The predicted molar refractivity (Wildman–Crippen MR) is 82.6 cm³/mol. The first-order valence-electron chi connectivity index (χ1n) is 7.69. The molecule has 112 valence electrons. The fourth-order valence-corrected chi connectivity index (χ4v) is 2.77. The van der Waals surface area contributed by atoms with Gasteiger partial charge in [-0.2, -0.15) is 5.26 Å². The number of carbonyl (C=O) groups is 1. The van der Waals surface area contributed by atoms with Gasteiger partial charge >= 0.3 is 0 Å². The maximum atomic E-state index is 12.5. The molecule has 1 heterocycles. The maximum absolute atomic E-state index is 12.5. The van der Waals surface area contributed by atoms with Gasteiger partial charge in [-0.3, -0.25) is 9.69 Å². The lowest BCUT2D eigenvalue weighted by Gasteiger charge is -2.35. The Balaban J connectivity index is 1.91. The molecule has 2 rings (SSSR count). The Morgan fingerprint density at radius 2 is 1.90 bits per heavy atom. The largest absolute Gasteiger partial charge is 0.339 e. The molecule has 4 heteroatoms. The molecule has 21 heavy (non-hydrogen) atoms. The van der Waals surface area contributed by atoms with Crippen LogP contribution in [-0.2, 0) is 11.2 Å². The van der Waals surface area contributed by atoms with Crippen LogP contribution < -0.4 is 0 Å². The van der Waals surface area contributed by atoms with Crippen molar-refractivity contribution >= 4 is 5.91 Å². The van der Waals surface area contributed by atoms with Gasteiger partial charge in [-0.05, 0) is 24.9 Å². The van der Waals surface area contributed by atoms with E-state index in [1.807, 2.05) is 35.2 Å². The van der Waals surface area contributed by atoms with Crippen LogP contribution in [0.15, 0.2) is 30.3 Å². The molecular formula is C17H23N3O. The average molecular weight is 285 g/mol. The van der Waals surface area contributed by atoms with Crippen LogP contribution in [0.3, 0.4) is 0 Å². The number of hydrogen-bond donors (Lipinski definition) is 0. The minimum absolute atomic E-state index is 0.0162. The lowest BCUT2D eigenvalue weighted by atomic mass is 9.99. The molecule has 1 aromatic rings. The van der Waals surface area contributed by atoms with Crippen molar-refractivity contribution in [3.63, 3.8) is 0 Å². The smallest absolute Gasteiger partial charge is 0.240 e. The van der Waals surface area contributed by atoms with Crippen LogP contribution in [0, 0.1) is 17.2 Å². The zero-order valence-corrected chi connectivity index (χ0v) is 12.7. The van der Waals surface area contributed by atoms with E-state index in [4.69, 9.17) is 0 Å². The van der Waals surface area contributed by atoms with Crippen molar-refractivity contribution in [2.45, 2.75) is 19.8 Å². The van der Waals surface area contributed by atoms with Gasteiger partial charge in [0.25, 0.3) is 0 Å². The van der Waals surface area contributed by atoms with Crippen molar-refractivity contribution < 1.29 is 4.79 Å². The van der Waals surface area contributed by atoms with Crippen molar-refractivity contribution in [2.75, 3.05) is 32.7 Å². The Labute approximate surface area is 127 Å². The normalized spacial score (nSPS) is 17.2. The summed E-state index contributed by atoms with van der Waals surface area (Å²) in [6.45, 7) is 6.58. The summed E-state index contributed by atoms with van der Waals surface area (Å²) >= 11 is 0. The van der Waals surface area contributed by atoms with Crippen LogP contribution >= 0.6 is 0 Å². The molecule has 1 aromatic carbocycles. The van der Waals surface area contributed by atoms with E-state index in [1.54, 1.807) is 0 Å². The predicted octanol–water partition coefficient (Wildman–Crippen LogP) is 1.92. The molecule has 1 saturated heterocycles. The molecule has 0 aliphatic carbocycles. The maximum Gasteiger partial charge on any atom is 0.240 e. The number of carbonyl (C=O) groups excluding carboxylic acids is 1. The van der Waals surface area contributed by atoms with Gasteiger partial charge in [0.05, 0.1) is 6.07 Å². The average Bonchev–Trinajstić information content (AvgIpc) is 2.54. The molecule has 0 saturated carbocycles. The fraction of sp³-hybridized carbons (Fsp3) is 0.529. The molecular weight excluding hydrogens is 262 g/mol. The second-order valence-electron chi connectivity index (χ2n) is 5.54. The first kappa shape index (κ1) is 15.5. The van der Waals surface area contributed by atoms with E-state index in [0.717, 1.165) is 44.7 Å². The van der Waals surface area contributed by atoms with E-state index < -0.39 is 5.92 Å². The van der Waals surface area contributed by atoms with Gasteiger partial charge in [-0.1, -0.05) is 37.3 Å². The van der Waals surface area contributed by atoms with Gasteiger partial charge in [0.1, 0.15) is 5.92 Å². The van der Waals surface area contributed by atoms with E-state index in [9.17, 15) is 10.1 Å². The van der Waals surface area contributed by atoms with Gasteiger partial charge in [-0.15, -0.1) is 0 Å². The molecule has 1 atom stereocenters. The Morgan fingerprint density at radius 3 is 2.48 bits per heavy atom. The van der Waals surface area contributed by atoms with E-state index in [2.05, 4.69) is 17.9 Å². The second kappa shape index (κ2) is 7.80. The van der Waals surface area contributed by atoms with Gasteiger partial charge in [0.2, 0.25) is 5.91 Å². The number of rotatable bonds is 5. The Bertz CT molecular complexity index is 487. The summed E-state index contributed by atoms with van der Waals surface area (Å²) in [6, 6.07) is 11.9. The van der Waals surface area contributed by atoms with Crippen LogP contribution in [-0.4, -0.2) is 48.4 Å². The highest BCUT2D eigenvalue weighted by Gasteiger charge is 2.27. The Hall–Kier alpha value is -1.86. The minimum Gasteiger partial charge on any atom is -0.339 e. The fourth-order valence-electron chi connectivity index (χ4n) is 2.77. The second-order valence-corrected chi connectivity index (χ2v) is 5.54. The Kier molecular flexibility index (Phi) is 5.77. The molecule has 0 radical (unpaired) electrons. The van der Waals surface area contributed by atoms with Gasteiger partial charge < -0.3 is 4.90 Å². The van der Waals surface area contributed by atoms with Crippen molar-refractivity contribution in [1.29, 1.82) is 5.26 Å². The topological polar surface area (TPSA) is 47.3 Å². The van der Waals surface area contributed by atoms with Gasteiger partial charge in [0.15, 0.2) is 0 Å². The molecule has 0 aromatic heterocycles. The van der Waals surface area contributed by atoms with Crippen LogP contribution in [0.4, 0.5) is 0 Å². The van der Waals surface area contributed by atoms with E-state index in [-0.39, 0.29) is 5.91 Å². The number of benzene rings is 1. The SMILES string of the molecule is CCCN1CCN(C(=O)C(C#N)Cc2ccccc2)CC1. The summed E-state index contributed by atoms with van der Waals surface area (Å²) in [4.78, 5) is 16.7. The summed E-state index contributed by atoms with van der Waals surface area (Å²) in [5, 5.41) is 9.32. The molecule has 1 aliphatic rings. The van der Waals surface area contributed by atoms with Crippen molar-refractivity contribution in [1.82, 2.24) is 9.80 Å². The monoisotopic (exact) mass is 285 g/mol. The summed E-state index contributed by atoms with van der Waals surface area (Å²) in [5.41, 5.74) is 1.04. The molecule has 0 spiro atoms. The number of amides is 1. The zero-order valence-electron chi connectivity index (χ0n) is 12.7. The van der Waals surface area contributed by atoms with Gasteiger partial charge in [-0.25, -0.2) is 0 Å². The number of hydrogen-bond acceptors (Lipinski definition) is 3. The summed E-state index contributed by atoms with van der Waals surface area (Å²) in [6.07, 6.45) is 1.65. The molecule has 0 N–H and O–H groups in total. The van der Waals surface area contributed by atoms with Crippen molar-refractivity contribution in [3.8, 4) is 6.07 Å². The van der Waals surface area contributed by atoms with E-state index in [0.29, 0.717) is 6.42 Å². The summed E-state index contributed by atoms with van der Waals surface area (Å²) < 4.78 is 0. The summed E-state index contributed by atoms with van der Waals surface area (Å²) in [7, 11) is 0. The quantitative estimate of drug-likeness (QED) is 0.830. The van der Waals surface area contributed by atoms with E-state index in [1.165, 1.54) is 0 Å². The number of nitriles is 1. The number of piperazine rings is 1. The Morgan fingerprint density at radius 1 is 1.24 bits per heavy atom.